The van der Waals surface area contributed by atoms with Crippen molar-refractivity contribution in [3.05, 3.63) is 47.2 Å². The van der Waals surface area contributed by atoms with E-state index in [2.05, 4.69) is 70.9 Å². The molecule has 5 heteroatoms. The van der Waals surface area contributed by atoms with Gasteiger partial charge in [-0.15, -0.1) is 5.10 Å². The number of anilines is 3. The minimum atomic E-state index is 0.438. The lowest BCUT2D eigenvalue weighted by atomic mass is 9.97. The van der Waals surface area contributed by atoms with Gasteiger partial charge in [-0.2, -0.15) is 10.1 Å². The molecule has 0 unspecified atom stereocenters. The largest absolute Gasteiger partial charge is 0.353 e. The van der Waals surface area contributed by atoms with Crippen LogP contribution in [0.1, 0.15) is 63.0 Å². The number of benzene rings is 1. The van der Waals surface area contributed by atoms with Crippen LogP contribution >= 0.6 is 0 Å². The van der Waals surface area contributed by atoms with E-state index in [1.54, 1.807) is 11.8 Å². The highest BCUT2D eigenvalue weighted by atomic mass is 15.3. The van der Waals surface area contributed by atoms with Gasteiger partial charge in [-0.25, -0.2) is 0 Å². The number of aromatic nitrogens is 3. The zero-order valence-electron chi connectivity index (χ0n) is 16.0. The molecule has 0 fully saturated rings. The minimum Gasteiger partial charge on any atom is -0.353 e. The van der Waals surface area contributed by atoms with E-state index in [1.807, 2.05) is 0 Å². The number of nitrogens with zero attached hydrogens (tertiary/aromatic N) is 3. The summed E-state index contributed by atoms with van der Waals surface area (Å²) in [7, 11) is 0. The standard InChI is InChI=1S/C21H29N5/c1-15(2)18-11-7-8-16(3)20(18)24-19-14-23-26-21(25-19)22-13-12-17-9-5-4-6-10-17/h7-9,11,14-15H,4-6,10,12-13H2,1-3H3,(H2,22,24,25,26). The highest BCUT2D eigenvalue weighted by Gasteiger charge is 2.11. The topological polar surface area (TPSA) is 62.7 Å². The molecule has 1 aromatic heterocycles. The normalized spacial score (nSPS) is 14.2. The van der Waals surface area contributed by atoms with Gasteiger partial charge < -0.3 is 10.6 Å². The second-order valence-electron chi connectivity index (χ2n) is 7.27. The molecule has 2 aromatic rings. The van der Waals surface area contributed by atoms with E-state index < -0.39 is 0 Å². The number of nitrogens with one attached hydrogen (secondary N) is 2. The molecule has 0 spiro atoms. The van der Waals surface area contributed by atoms with Crippen molar-refractivity contribution in [1.29, 1.82) is 0 Å². The Labute approximate surface area is 156 Å². The predicted octanol–water partition coefficient (Wildman–Crippen LogP) is 5.35. The average Bonchev–Trinajstić information content (AvgIpc) is 2.64. The monoisotopic (exact) mass is 351 g/mol. The fraction of sp³-hybridized carbons (Fsp3) is 0.476. The van der Waals surface area contributed by atoms with Gasteiger partial charge in [0.15, 0.2) is 5.82 Å². The van der Waals surface area contributed by atoms with Crippen molar-refractivity contribution < 1.29 is 0 Å². The molecular weight excluding hydrogens is 322 g/mol. The van der Waals surface area contributed by atoms with E-state index in [4.69, 9.17) is 0 Å². The zero-order chi connectivity index (χ0) is 18.4. The number of allylic oxidation sites excluding steroid dienone is 1. The molecule has 1 heterocycles. The summed E-state index contributed by atoms with van der Waals surface area (Å²) in [4.78, 5) is 4.58. The molecule has 1 aliphatic rings. The molecule has 0 saturated carbocycles. The van der Waals surface area contributed by atoms with Gasteiger partial charge in [0.25, 0.3) is 0 Å². The van der Waals surface area contributed by atoms with Gasteiger partial charge >= 0.3 is 0 Å². The summed E-state index contributed by atoms with van der Waals surface area (Å²) in [6.45, 7) is 7.36. The first-order valence-electron chi connectivity index (χ1n) is 9.61. The van der Waals surface area contributed by atoms with Crippen molar-refractivity contribution in [2.24, 2.45) is 0 Å². The maximum absolute atomic E-state index is 4.58. The number of rotatable bonds is 7. The SMILES string of the molecule is Cc1cccc(C(C)C)c1Nc1cnnc(NCCC2=CCCCC2)n1. The first-order chi connectivity index (χ1) is 12.6. The van der Waals surface area contributed by atoms with Crippen molar-refractivity contribution >= 4 is 17.5 Å². The lowest BCUT2D eigenvalue weighted by Gasteiger charge is -2.17. The minimum absolute atomic E-state index is 0.438. The lowest BCUT2D eigenvalue weighted by Crippen LogP contribution is -2.09. The molecule has 0 amide bonds. The molecule has 26 heavy (non-hydrogen) atoms. The number of aryl methyl sites for hydroxylation is 1. The molecule has 0 aliphatic heterocycles. The Morgan fingerprint density at radius 3 is 2.85 bits per heavy atom. The van der Waals surface area contributed by atoms with Crippen LogP contribution in [-0.2, 0) is 0 Å². The van der Waals surface area contributed by atoms with Gasteiger partial charge in [-0.3, -0.25) is 0 Å². The second kappa shape index (κ2) is 8.79. The smallest absolute Gasteiger partial charge is 0.244 e. The highest BCUT2D eigenvalue weighted by Crippen LogP contribution is 2.29. The van der Waals surface area contributed by atoms with Crippen LogP contribution in [0.25, 0.3) is 0 Å². The van der Waals surface area contributed by atoms with Crippen LogP contribution < -0.4 is 10.6 Å². The van der Waals surface area contributed by atoms with E-state index >= 15 is 0 Å². The van der Waals surface area contributed by atoms with E-state index in [9.17, 15) is 0 Å². The van der Waals surface area contributed by atoms with Crippen LogP contribution in [0, 0.1) is 6.92 Å². The highest BCUT2D eigenvalue weighted by molar-refractivity contribution is 5.65. The first-order valence-corrected chi connectivity index (χ1v) is 9.61. The molecule has 0 radical (unpaired) electrons. The van der Waals surface area contributed by atoms with Crippen LogP contribution in [0.5, 0.6) is 0 Å². The summed E-state index contributed by atoms with van der Waals surface area (Å²) < 4.78 is 0. The molecule has 5 nitrogen and oxygen atoms in total. The van der Waals surface area contributed by atoms with Gasteiger partial charge in [0.1, 0.15) is 0 Å². The molecule has 1 aliphatic carbocycles. The molecule has 3 rings (SSSR count). The molecule has 0 bridgehead atoms. The van der Waals surface area contributed by atoms with Gasteiger partial charge in [0.05, 0.1) is 6.20 Å². The zero-order valence-corrected chi connectivity index (χ0v) is 16.0. The van der Waals surface area contributed by atoms with Crippen molar-refractivity contribution in [1.82, 2.24) is 15.2 Å². The number of hydrogen-bond donors (Lipinski definition) is 2. The third-order valence-corrected chi connectivity index (χ3v) is 4.85. The van der Waals surface area contributed by atoms with Crippen molar-refractivity contribution in [2.45, 2.75) is 58.8 Å². The van der Waals surface area contributed by atoms with Crippen LogP contribution in [0.3, 0.4) is 0 Å². The van der Waals surface area contributed by atoms with Crippen LogP contribution in [0.15, 0.2) is 36.0 Å². The van der Waals surface area contributed by atoms with Crippen molar-refractivity contribution in [2.75, 3.05) is 17.2 Å². The fourth-order valence-corrected chi connectivity index (χ4v) is 3.38. The number of hydrogen-bond acceptors (Lipinski definition) is 5. The van der Waals surface area contributed by atoms with Crippen molar-refractivity contribution in [3.8, 4) is 0 Å². The van der Waals surface area contributed by atoms with Crippen LogP contribution in [-0.4, -0.2) is 21.7 Å². The predicted molar refractivity (Wildman–Crippen MR) is 108 cm³/mol. The number of para-hydroxylation sites is 1. The average molecular weight is 351 g/mol. The summed E-state index contributed by atoms with van der Waals surface area (Å²) in [5, 5.41) is 15.0. The maximum Gasteiger partial charge on any atom is 0.244 e. The fourth-order valence-electron chi connectivity index (χ4n) is 3.38. The summed E-state index contributed by atoms with van der Waals surface area (Å²) >= 11 is 0. The van der Waals surface area contributed by atoms with Gasteiger partial charge in [-0.05, 0) is 56.1 Å². The Morgan fingerprint density at radius 2 is 2.08 bits per heavy atom. The van der Waals surface area contributed by atoms with Gasteiger partial charge in [0, 0.05) is 12.2 Å². The molecule has 1 aromatic carbocycles. The van der Waals surface area contributed by atoms with Crippen molar-refractivity contribution in [3.63, 3.8) is 0 Å². The van der Waals surface area contributed by atoms with Gasteiger partial charge in [-0.1, -0.05) is 43.7 Å². The Morgan fingerprint density at radius 1 is 1.19 bits per heavy atom. The Kier molecular flexibility index (Phi) is 6.21. The Bertz CT molecular complexity index is 767. The quantitative estimate of drug-likeness (QED) is 0.658. The Hall–Kier alpha value is -2.43. The van der Waals surface area contributed by atoms with Crippen LogP contribution in [0.4, 0.5) is 17.5 Å². The third-order valence-electron chi connectivity index (χ3n) is 4.85. The molecule has 2 N–H and O–H groups in total. The summed E-state index contributed by atoms with van der Waals surface area (Å²) in [5.41, 5.74) is 5.14. The summed E-state index contributed by atoms with van der Waals surface area (Å²) in [6.07, 6.45) is 10.2. The molecular formula is C21H29N5. The third kappa shape index (κ3) is 4.81. The maximum atomic E-state index is 4.58. The van der Waals surface area contributed by atoms with Crippen LogP contribution in [0.2, 0.25) is 0 Å². The van der Waals surface area contributed by atoms with E-state index in [-0.39, 0.29) is 0 Å². The Balaban J connectivity index is 1.65. The van der Waals surface area contributed by atoms with E-state index in [0.29, 0.717) is 11.9 Å². The summed E-state index contributed by atoms with van der Waals surface area (Å²) in [6, 6.07) is 6.37. The summed E-state index contributed by atoms with van der Waals surface area (Å²) in [5.74, 6) is 1.73. The molecule has 0 saturated heterocycles. The molecule has 0 atom stereocenters. The first kappa shape index (κ1) is 18.4. The van der Waals surface area contributed by atoms with E-state index in [1.165, 1.54) is 36.8 Å². The van der Waals surface area contributed by atoms with E-state index in [0.717, 1.165) is 24.5 Å². The lowest BCUT2D eigenvalue weighted by molar-refractivity contribution is 0.679. The van der Waals surface area contributed by atoms with Gasteiger partial charge in [0.2, 0.25) is 5.95 Å². The molecule has 138 valence electrons. The second-order valence-corrected chi connectivity index (χ2v) is 7.27.